The monoisotopic (exact) mass is 204 g/mol. The second-order valence-electron chi connectivity index (χ2n) is 3.00. The molecule has 1 atom stereocenters. The van der Waals surface area contributed by atoms with E-state index in [1.54, 1.807) is 11.8 Å². The number of thioether (sulfide) groups is 1. The number of nitrogens with two attached hydrogens (primary N) is 1. The van der Waals surface area contributed by atoms with Gasteiger partial charge in [0.05, 0.1) is 5.25 Å². The normalized spacial score (nSPS) is 14.5. The van der Waals surface area contributed by atoms with Crippen molar-refractivity contribution in [3.8, 4) is 0 Å². The van der Waals surface area contributed by atoms with E-state index in [1.807, 2.05) is 0 Å². The van der Waals surface area contributed by atoms with E-state index in [2.05, 4.69) is 19.0 Å². The van der Waals surface area contributed by atoms with Gasteiger partial charge >= 0.3 is 0 Å². The van der Waals surface area contributed by atoms with Gasteiger partial charge in [-0.25, -0.2) is 0 Å². The van der Waals surface area contributed by atoms with E-state index in [9.17, 15) is 0 Å². The predicted molar refractivity (Wildman–Crippen MR) is 59.5 cm³/mol. The molecule has 0 saturated heterocycles. The third-order valence-corrected chi connectivity index (χ3v) is 3.38. The van der Waals surface area contributed by atoms with Gasteiger partial charge in [0.2, 0.25) is 0 Å². The molecule has 0 aliphatic rings. The van der Waals surface area contributed by atoms with Crippen LogP contribution >= 0.6 is 11.8 Å². The zero-order valence-electron chi connectivity index (χ0n) is 8.49. The molecule has 3 N–H and O–H groups in total. The molecule has 78 valence electrons. The highest BCUT2D eigenvalue weighted by molar-refractivity contribution is 8.00. The van der Waals surface area contributed by atoms with Crippen molar-refractivity contribution in [2.24, 2.45) is 10.9 Å². The molecule has 0 radical (unpaired) electrons. The molecular formula is C9H20N2OS. The van der Waals surface area contributed by atoms with Crippen molar-refractivity contribution in [1.82, 2.24) is 0 Å². The van der Waals surface area contributed by atoms with E-state index >= 15 is 0 Å². The molecule has 3 nitrogen and oxygen atoms in total. The Bertz CT molecular complexity index is 151. The van der Waals surface area contributed by atoms with Crippen LogP contribution in [0.2, 0.25) is 0 Å². The maximum atomic E-state index is 8.49. The Morgan fingerprint density at radius 3 is 2.62 bits per heavy atom. The highest BCUT2D eigenvalue weighted by atomic mass is 32.2. The third kappa shape index (κ3) is 5.80. The zero-order valence-corrected chi connectivity index (χ0v) is 9.31. The lowest BCUT2D eigenvalue weighted by Crippen LogP contribution is -2.25. The summed E-state index contributed by atoms with van der Waals surface area (Å²) in [6, 6.07) is 0. The first-order valence-electron chi connectivity index (χ1n) is 4.85. The number of rotatable bonds is 7. The summed E-state index contributed by atoms with van der Waals surface area (Å²) < 4.78 is 0. The van der Waals surface area contributed by atoms with Crippen molar-refractivity contribution in [3.63, 3.8) is 0 Å². The smallest absolute Gasteiger partial charge is 0.152 e. The highest BCUT2D eigenvalue weighted by Crippen LogP contribution is 2.16. The van der Waals surface area contributed by atoms with E-state index in [0.717, 1.165) is 12.2 Å². The van der Waals surface area contributed by atoms with Crippen molar-refractivity contribution >= 4 is 17.6 Å². The standard InChI is InChI=1S/C9H20N2OS/c1-3-5-6-7-13-8(4-2)9(10)11-12/h8,12H,3-7H2,1-2H3,(H2,10,11). The number of hydrogen-bond acceptors (Lipinski definition) is 3. The van der Waals surface area contributed by atoms with E-state index in [0.29, 0.717) is 5.84 Å². The van der Waals surface area contributed by atoms with Crippen molar-refractivity contribution in [3.05, 3.63) is 0 Å². The lowest BCUT2D eigenvalue weighted by molar-refractivity contribution is 0.317. The van der Waals surface area contributed by atoms with Crippen molar-refractivity contribution < 1.29 is 5.21 Å². The van der Waals surface area contributed by atoms with Crippen LogP contribution in [-0.2, 0) is 0 Å². The molecular weight excluding hydrogens is 184 g/mol. The highest BCUT2D eigenvalue weighted by Gasteiger charge is 2.10. The molecule has 0 fully saturated rings. The first kappa shape index (κ1) is 12.6. The summed E-state index contributed by atoms with van der Waals surface area (Å²) >= 11 is 1.78. The topological polar surface area (TPSA) is 58.6 Å². The van der Waals surface area contributed by atoms with E-state index in [-0.39, 0.29) is 5.25 Å². The summed E-state index contributed by atoms with van der Waals surface area (Å²) in [5, 5.41) is 11.7. The van der Waals surface area contributed by atoms with E-state index in [1.165, 1.54) is 19.3 Å². The molecule has 13 heavy (non-hydrogen) atoms. The van der Waals surface area contributed by atoms with Gasteiger partial charge in [0.1, 0.15) is 0 Å². The Kier molecular flexibility index (Phi) is 7.99. The van der Waals surface area contributed by atoms with Gasteiger partial charge in [-0.05, 0) is 18.6 Å². The maximum Gasteiger partial charge on any atom is 0.152 e. The summed E-state index contributed by atoms with van der Waals surface area (Å²) in [7, 11) is 0. The number of unbranched alkanes of at least 4 members (excludes halogenated alkanes) is 2. The minimum atomic E-state index is 0.182. The first-order valence-corrected chi connectivity index (χ1v) is 5.90. The van der Waals surface area contributed by atoms with Gasteiger partial charge in [-0.15, -0.1) is 0 Å². The van der Waals surface area contributed by atoms with Gasteiger partial charge < -0.3 is 10.9 Å². The largest absolute Gasteiger partial charge is 0.409 e. The quantitative estimate of drug-likeness (QED) is 0.220. The average molecular weight is 204 g/mol. The van der Waals surface area contributed by atoms with Gasteiger partial charge in [0.25, 0.3) is 0 Å². The zero-order chi connectivity index (χ0) is 10.1. The van der Waals surface area contributed by atoms with Crippen LogP contribution in [0.25, 0.3) is 0 Å². The molecule has 0 rings (SSSR count). The summed E-state index contributed by atoms with van der Waals surface area (Å²) in [6.45, 7) is 4.24. The molecule has 0 aromatic heterocycles. The molecule has 0 heterocycles. The van der Waals surface area contributed by atoms with Crippen LogP contribution in [0.15, 0.2) is 5.16 Å². The van der Waals surface area contributed by atoms with Crippen molar-refractivity contribution in [2.45, 2.75) is 44.8 Å². The van der Waals surface area contributed by atoms with Gasteiger partial charge in [-0.1, -0.05) is 31.8 Å². The second-order valence-corrected chi connectivity index (χ2v) is 4.31. The number of amidine groups is 1. The molecule has 0 saturated carbocycles. The molecule has 0 spiro atoms. The van der Waals surface area contributed by atoms with Gasteiger partial charge in [0, 0.05) is 0 Å². The van der Waals surface area contributed by atoms with Crippen LogP contribution < -0.4 is 5.73 Å². The predicted octanol–water partition coefficient (Wildman–Crippen LogP) is 2.43. The van der Waals surface area contributed by atoms with Crippen LogP contribution in [0, 0.1) is 0 Å². The van der Waals surface area contributed by atoms with Crippen molar-refractivity contribution in [1.29, 1.82) is 0 Å². The Morgan fingerprint density at radius 1 is 1.46 bits per heavy atom. The number of oxime groups is 1. The molecule has 0 aromatic carbocycles. The van der Waals surface area contributed by atoms with Gasteiger partial charge in [0.15, 0.2) is 5.84 Å². The van der Waals surface area contributed by atoms with E-state index in [4.69, 9.17) is 10.9 Å². The first-order chi connectivity index (χ1) is 6.26. The number of nitrogens with zero attached hydrogens (tertiary/aromatic N) is 1. The Labute approximate surface area is 84.8 Å². The Balaban J connectivity index is 3.60. The van der Waals surface area contributed by atoms with Gasteiger partial charge in [-0.2, -0.15) is 11.8 Å². The lowest BCUT2D eigenvalue weighted by Gasteiger charge is -2.11. The number of hydrogen-bond donors (Lipinski definition) is 2. The van der Waals surface area contributed by atoms with Crippen LogP contribution in [0.1, 0.15) is 39.5 Å². The second kappa shape index (κ2) is 8.23. The molecule has 0 bridgehead atoms. The van der Waals surface area contributed by atoms with Crippen LogP contribution in [0.5, 0.6) is 0 Å². The minimum absolute atomic E-state index is 0.182. The summed E-state index contributed by atoms with van der Waals surface area (Å²) in [4.78, 5) is 0. The fourth-order valence-electron chi connectivity index (χ4n) is 1.05. The minimum Gasteiger partial charge on any atom is -0.409 e. The summed E-state index contributed by atoms with van der Waals surface area (Å²) in [5.74, 6) is 1.45. The fraction of sp³-hybridized carbons (Fsp3) is 0.889. The van der Waals surface area contributed by atoms with Crippen LogP contribution in [0.4, 0.5) is 0 Å². The maximum absolute atomic E-state index is 8.49. The Hall–Kier alpha value is -0.380. The summed E-state index contributed by atoms with van der Waals surface area (Å²) in [5.41, 5.74) is 5.52. The van der Waals surface area contributed by atoms with Crippen LogP contribution in [-0.4, -0.2) is 22.0 Å². The van der Waals surface area contributed by atoms with Crippen LogP contribution in [0.3, 0.4) is 0 Å². The molecule has 4 heteroatoms. The Morgan fingerprint density at radius 2 is 2.15 bits per heavy atom. The SMILES string of the molecule is CCCCCSC(CC)C(N)=NO. The third-order valence-electron chi connectivity index (χ3n) is 1.88. The van der Waals surface area contributed by atoms with E-state index < -0.39 is 0 Å². The molecule has 1 unspecified atom stereocenters. The molecule has 0 aliphatic heterocycles. The fourth-order valence-corrected chi connectivity index (χ4v) is 2.16. The van der Waals surface area contributed by atoms with Gasteiger partial charge in [-0.3, -0.25) is 0 Å². The molecule has 0 aliphatic carbocycles. The lowest BCUT2D eigenvalue weighted by atomic mass is 10.3. The average Bonchev–Trinajstić information content (AvgIpc) is 2.17. The molecule has 0 aromatic rings. The molecule has 0 amide bonds. The summed E-state index contributed by atoms with van der Waals surface area (Å²) in [6.07, 6.45) is 4.64. The van der Waals surface area contributed by atoms with Crippen molar-refractivity contribution in [2.75, 3.05) is 5.75 Å².